The predicted molar refractivity (Wildman–Crippen MR) is 164 cm³/mol. The minimum absolute atomic E-state index is 0.0346. The van der Waals surface area contributed by atoms with Crippen LogP contribution in [0.15, 0.2) is 71.5 Å². The summed E-state index contributed by atoms with van der Waals surface area (Å²) in [4.78, 5) is 29.5. The van der Waals surface area contributed by atoms with E-state index in [9.17, 15) is 14.0 Å². The van der Waals surface area contributed by atoms with Crippen LogP contribution < -0.4 is 15.9 Å². The molecule has 4 aromatic rings. The molecule has 0 radical (unpaired) electrons. The molecule has 3 aliphatic rings. The van der Waals surface area contributed by atoms with Crippen molar-refractivity contribution in [2.75, 3.05) is 31.1 Å². The van der Waals surface area contributed by atoms with Crippen LogP contribution in [0.4, 0.5) is 10.1 Å². The number of benzene rings is 3. The number of carbonyl (C=O) groups is 1. The highest BCUT2D eigenvalue weighted by Gasteiger charge is 2.54. The van der Waals surface area contributed by atoms with Gasteiger partial charge in [-0.25, -0.2) is 9.49 Å². The van der Waals surface area contributed by atoms with Crippen LogP contribution in [0, 0.1) is 11.2 Å². The van der Waals surface area contributed by atoms with E-state index in [1.54, 1.807) is 29.2 Å². The van der Waals surface area contributed by atoms with E-state index in [4.69, 9.17) is 9.31 Å². The number of aromatic nitrogens is 2. The molecular formula is C33H34BFN4O4. The van der Waals surface area contributed by atoms with E-state index in [0.29, 0.717) is 30.6 Å². The molecule has 0 bridgehead atoms. The van der Waals surface area contributed by atoms with E-state index in [2.05, 4.69) is 39.4 Å². The van der Waals surface area contributed by atoms with Gasteiger partial charge in [0.05, 0.1) is 27.8 Å². The van der Waals surface area contributed by atoms with Crippen LogP contribution in [0.3, 0.4) is 0 Å². The van der Waals surface area contributed by atoms with E-state index in [1.807, 2.05) is 39.8 Å². The number of H-pyrrole nitrogens is 1. The number of anilines is 1. The van der Waals surface area contributed by atoms with Gasteiger partial charge < -0.3 is 19.1 Å². The van der Waals surface area contributed by atoms with Gasteiger partial charge in [-0.05, 0) is 69.1 Å². The fourth-order valence-electron chi connectivity index (χ4n) is 6.39. The molecule has 3 aromatic carbocycles. The van der Waals surface area contributed by atoms with E-state index in [0.717, 1.165) is 35.2 Å². The molecule has 43 heavy (non-hydrogen) atoms. The maximum absolute atomic E-state index is 14.9. The molecule has 1 aromatic heterocycles. The smallest absolute Gasteiger partial charge is 0.399 e. The number of carbonyl (C=O) groups excluding carboxylic acids is 1. The predicted octanol–water partition coefficient (Wildman–Crippen LogP) is 3.91. The largest absolute Gasteiger partial charge is 0.494 e. The quantitative estimate of drug-likeness (QED) is 0.361. The first-order valence-electron chi connectivity index (χ1n) is 14.7. The number of amides is 1. The van der Waals surface area contributed by atoms with Gasteiger partial charge in [-0.3, -0.25) is 9.59 Å². The van der Waals surface area contributed by atoms with Gasteiger partial charge in [0, 0.05) is 49.1 Å². The first kappa shape index (κ1) is 27.8. The Labute approximate surface area is 249 Å². The highest BCUT2D eigenvalue weighted by atomic mass is 19.1. The molecule has 3 saturated heterocycles. The van der Waals surface area contributed by atoms with Gasteiger partial charge in [-0.15, -0.1) is 0 Å². The average Bonchev–Trinajstić information content (AvgIpc) is 3.16. The van der Waals surface area contributed by atoms with Crippen molar-refractivity contribution in [2.45, 2.75) is 45.3 Å². The van der Waals surface area contributed by atoms with Gasteiger partial charge in [0.2, 0.25) is 0 Å². The van der Waals surface area contributed by atoms with E-state index < -0.39 is 5.82 Å². The topological polar surface area (TPSA) is 87.8 Å². The third kappa shape index (κ3) is 4.73. The zero-order valence-electron chi connectivity index (χ0n) is 24.8. The summed E-state index contributed by atoms with van der Waals surface area (Å²) in [5.74, 6) is -0.833. The summed E-state index contributed by atoms with van der Waals surface area (Å²) < 4.78 is 27.2. The zero-order chi connectivity index (χ0) is 30.1. The van der Waals surface area contributed by atoms with Crippen molar-refractivity contribution >= 4 is 34.9 Å². The molecule has 1 amide bonds. The highest BCUT2D eigenvalue weighted by Crippen LogP contribution is 2.43. The number of fused-ring (bicyclic) bond motifs is 1. The molecule has 3 fully saturated rings. The third-order valence-corrected chi connectivity index (χ3v) is 9.58. The number of rotatable bonds is 5. The lowest BCUT2D eigenvalue weighted by Crippen LogP contribution is -2.73. The van der Waals surface area contributed by atoms with Crippen molar-refractivity contribution in [3.63, 3.8) is 0 Å². The summed E-state index contributed by atoms with van der Waals surface area (Å²) in [6.07, 6.45) is 0.365. The normalized spacial score (nSPS) is 19.9. The van der Waals surface area contributed by atoms with Crippen LogP contribution >= 0.6 is 0 Å². The summed E-state index contributed by atoms with van der Waals surface area (Å²) in [5.41, 5.74) is 2.62. The van der Waals surface area contributed by atoms with Crippen LogP contribution in [0.5, 0.6) is 0 Å². The molecule has 220 valence electrons. The molecule has 0 aliphatic carbocycles. The number of likely N-dealkylation sites (tertiary alicyclic amines) is 1. The monoisotopic (exact) mass is 580 g/mol. The van der Waals surface area contributed by atoms with Crippen LogP contribution in [-0.2, 0) is 15.7 Å². The molecular weight excluding hydrogens is 546 g/mol. The highest BCUT2D eigenvalue weighted by molar-refractivity contribution is 6.62. The van der Waals surface area contributed by atoms with Crippen molar-refractivity contribution in [1.82, 2.24) is 15.1 Å². The Hall–Kier alpha value is -4.02. The van der Waals surface area contributed by atoms with Crippen molar-refractivity contribution in [2.24, 2.45) is 5.41 Å². The Morgan fingerprint density at radius 1 is 0.930 bits per heavy atom. The van der Waals surface area contributed by atoms with Gasteiger partial charge >= 0.3 is 7.12 Å². The Morgan fingerprint density at radius 2 is 1.58 bits per heavy atom. The van der Waals surface area contributed by atoms with Crippen LogP contribution in [0.25, 0.3) is 10.8 Å². The molecule has 0 atom stereocenters. The minimum Gasteiger partial charge on any atom is -0.399 e. The molecule has 1 N–H and O–H groups in total. The van der Waals surface area contributed by atoms with Crippen molar-refractivity contribution in [1.29, 1.82) is 0 Å². The maximum Gasteiger partial charge on any atom is 0.494 e. The fourth-order valence-corrected chi connectivity index (χ4v) is 6.39. The molecule has 0 unspecified atom stereocenters. The van der Waals surface area contributed by atoms with E-state index >= 15 is 0 Å². The lowest BCUT2D eigenvalue weighted by Gasteiger charge is -2.61. The average molecular weight is 580 g/mol. The first-order valence-corrected chi connectivity index (χ1v) is 14.7. The van der Waals surface area contributed by atoms with Crippen LogP contribution in [-0.4, -0.2) is 65.5 Å². The number of nitrogens with zero attached hydrogens (tertiary/aromatic N) is 3. The number of nitrogens with one attached hydrogen (secondary N) is 1. The summed E-state index contributed by atoms with van der Waals surface area (Å²) in [5, 5.41) is 8.05. The summed E-state index contributed by atoms with van der Waals surface area (Å²) in [7, 11) is -0.390. The molecule has 4 heterocycles. The number of hydrogen-bond acceptors (Lipinski definition) is 6. The van der Waals surface area contributed by atoms with Crippen molar-refractivity contribution in [3.05, 3.63) is 99.7 Å². The second-order valence-electron chi connectivity index (χ2n) is 13.2. The minimum atomic E-state index is -0.536. The molecule has 8 nitrogen and oxygen atoms in total. The van der Waals surface area contributed by atoms with Gasteiger partial charge in [0.1, 0.15) is 5.82 Å². The van der Waals surface area contributed by atoms with Crippen molar-refractivity contribution in [3.8, 4) is 0 Å². The maximum atomic E-state index is 14.9. The standard InChI is InChI=1S/C33H34BFN4O4/c1-31(2)32(3,4)43-34(42-31)22-10-12-23(13-11-22)38-17-33(18-38)19-39(20-33)30(41)26-15-21(9-14-27(26)35)16-28-24-7-5-6-8-25(24)29(40)37-36-28/h5-15H,16-20H2,1-4H3,(H,37,40). The van der Waals surface area contributed by atoms with Crippen LogP contribution in [0.1, 0.15) is 49.3 Å². The Bertz CT molecular complexity index is 1780. The lowest BCUT2D eigenvalue weighted by molar-refractivity contribution is -0.0107. The Kier molecular flexibility index (Phi) is 6.31. The number of hydrogen-bond donors (Lipinski definition) is 1. The molecule has 0 saturated carbocycles. The van der Waals surface area contributed by atoms with E-state index in [-0.39, 0.29) is 40.8 Å². The van der Waals surface area contributed by atoms with Gasteiger partial charge in [0.25, 0.3) is 11.5 Å². The lowest BCUT2D eigenvalue weighted by atomic mass is 9.72. The summed E-state index contributed by atoms with van der Waals surface area (Å²) in [6, 6.07) is 20.2. The molecule has 7 rings (SSSR count). The third-order valence-electron chi connectivity index (χ3n) is 9.58. The Balaban J connectivity index is 0.979. The summed E-state index contributed by atoms with van der Waals surface area (Å²) >= 11 is 0. The Morgan fingerprint density at radius 3 is 2.26 bits per heavy atom. The number of aromatic amines is 1. The second kappa shape index (κ2) is 9.75. The molecule has 1 spiro atoms. The summed E-state index contributed by atoms with van der Waals surface area (Å²) in [6.45, 7) is 11.1. The zero-order valence-corrected chi connectivity index (χ0v) is 24.8. The van der Waals surface area contributed by atoms with Crippen molar-refractivity contribution < 1.29 is 18.5 Å². The second-order valence-corrected chi connectivity index (χ2v) is 13.2. The van der Waals surface area contributed by atoms with Gasteiger partial charge in [-0.2, -0.15) is 5.10 Å². The fraction of sp³-hybridized carbons (Fsp3) is 0.364. The number of halogens is 1. The van der Waals surface area contributed by atoms with Gasteiger partial charge in [-0.1, -0.05) is 36.4 Å². The van der Waals surface area contributed by atoms with E-state index in [1.165, 1.54) is 6.07 Å². The van der Waals surface area contributed by atoms with Crippen LogP contribution in [0.2, 0.25) is 0 Å². The first-order chi connectivity index (χ1) is 20.4. The SMILES string of the molecule is CC1(C)OB(c2ccc(N3CC4(CN(C(=O)c5cc(Cc6n[nH]c(=O)c7ccccc67)ccc5F)C4)C3)cc2)OC1(C)C. The molecule has 3 aliphatic heterocycles. The molecule has 10 heteroatoms. The van der Waals surface area contributed by atoms with Gasteiger partial charge in [0.15, 0.2) is 0 Å².